The van der Waals surface area contributed by atoms with E-state index in [0.717, 1.165) is 23.8 Å². The van der Waals surface area contributed by atoms with E-state index in [1.165, 1.54) is 31.0 Å². The smallest absolute Gasteiger partial charge is 0.234 e. The van der Waals surface area contributed by atoms with E-state index in [-0.39, 0.29) is 11.7 Å². The standard InChI is InChI=1S/C20H26N4O2S/c1-3-13-24-19(15-9-5-4-6-10-15)22-23-20(24)27-14-18(25)21-16-11-7-8-12-17(16)26-2/h3,7-8,11-12,15H,1,4-6,9-10,13-14H2,2H3,(H,21,25). The molecule has 1 N–H and O–H groups in total. The number of thioether (sulfide) groups is 1. The minimum atomic E-state index is -0.100. The molecule has 0 radical (unpaired) electrons. The molecule has 1 heterocycles. The number of nitrogens with zero attached hydrogens (tertiary/aromatic N) is 3. The third-order valence-corrected chi connectivity index (χ3v) is 5.71. The van der Waals surface area contributed by atoms with E-state index in [1.54, 1.807) is 7.11 Å². The highest BCUT2D eigenvalue weighted by Gasteiger charge is 2.23. The van der Waals surface area contributed by atoms with Crippen LogP contribution < -0.4 is 10.1 Å². The van der Waals surface area contributed by atoms with Crippen molar-refractivity contribution >= 4 is 23.4 Å². The number of hydrogen-bond acceptors (Lipinski definition) is 5. The zero-order valence-corrected chi connectivity index (χ0v) is 16.5. The van der Waals surface area contributed by atoms with Gasteiger partial charge in [0.2, 0.25) is 5.91 Å². The van der Waals surface area contributed by atoms with Crippen molar-refractivity contribution in [2.45, 2.75) is 49.7 Å². The fourth-order valence-electron chi connectivity index (χ4n) is 3.43. The molecule has 0 spiro atoms. The van der Waals surface area contributed by atoms with Crippen LogP contribution in [0.3, 0.4) is 0 Å². The van der Waals surface area contributed by atoms with Crippen LogP contribution >= 0.6 is 11.8 Å². The van der Waals surface area contributed by atoms with E-state index in [0.29, 0.717) is 23.9 Å². The third-order valence-electron chi connectivity index (χ3n) is 4.74. The lowest BCUT2D eigenvalue weighted by atomic mass is 9.89. The van der Waals surface area contributed by atoms with Crippen LogP contribution in [-0.2, 0) is 11.3 Å². The second-order valence-corrected chi connectivity index (χ2v) is 7.55. The van der Waals surface area contributed by atoms with Gasteiger partial charge in [0.15, 0.2) is 5.16 Å². The van der Waals surface area contributed by atoms with Gasteiger partial charge in [-0.2, -0.15) is 0 Å². The first-order valence-corrected chi connectivity index (χ1v) is 10.3. The predicted octanol–water partition coefficient (Wildman–Crippen LogP) is 4.25. The van der Waals surface area contributed by atoms with Crippen molar-refractivity contribution < 1.29 is 9.53 Å². The lowest BCUT2D eigenvalue weighted by Crippen LogP contribution is -2.16. The average Bonchev–Trinajstić information content (AvgIpc) is 3.10. The van der Waals surface area contributed by atoms with Gasteiger partial charge >= 0.3 is 0 Å². The van der Waals surface area contributed by atoms with Crippen molar-refractivity contribution in [2.24, 2.45) is 0 Å². The number of para-hydroxylation sites is 2. The number of anilines is 1. The molecule has 0 bridgehead atoms. The number of benzene rings is 1. The van der Waals surface area contributed by atoms with Gasteiger partial charge in [-0.3, -0.25) is 4.79 Å². The molecule has 144 valence electrons. The zero-order chi connectivity index (χ0) is 19.1. The lowest BCUT2D eigenvalue weighted by Gasteiger charge is -2.21. The van der Waals surface area contributed by atoms with Crippen LogP contribution in [0, 0.1) is 0 Å². The highest BCUT2D eigenvalue weighted by molar-refractivity contribution is 7.99. The number of aromatic nitrogens is 3. The van der Waals surface area contributed by atoms with Gasteiger partial charge in [-0.15, -0.1) is 16.8 Å². The van der Waals surface area contributed by atoms with E-state index in [4.69, 9.17) is 4.74 Å². The lowest BCUT2D eigenvalue weighted by molar-refractivity contribution is -0.113. The molecular weight excluding hydrogens is 360 g/mol. The van der Waals surface area contributed by atoms with E-state index in [2.05, 4.69) is 26.7 Å². The number of methoxy groups -OCH3 is 1. The van der Waals surface area contributed by atoms with E-state index >= 15 is 0 Å². The summed E-state index contributed by atoms with van der Waals surface area (Å²) in [5, 5.41) is 12.4. The van der Waals surface area contributed by atoms with Crippen molar-refractivity contribution in [3.63, 3.8) is 0 Å². The Morgan fingerprint density at radius 3 is 2.85 bits per heavy atom. The van der Waals surface area contributed by atoms with Crippen LogP contribution in [0.4, 0.5) is 5.69 Å². The number of hydrogen-bond donors (Lipinski definition) is 1. The summed E-state index contributed by atoms with van der Waals surface area (Å²) in [6, 6.07) is 7.37. The molecule has 3 rings (SSSR count). The maximum absolute atomic E-state index is 12.4. The van der Waals surface area contributed by atoms with Crippen LogP contribution in [0.5, 0.6) is 5.75 Å². The second-order valence-electron chi connectivity index (χ2n) is 6.61. The number of amides is 1. The molecule has 1 amide bonds. The second kappa shape index (κ2) is 9.60. The van der Waals surface area contributed by atoms with Gasteiger partial charge in [-0.1, -0.05) is 49.2 Å². The Hall–Kier alpha value is -2.28. The molecular formula is C20H26N4O2S. The van der Waals surface area contributed by atoms with Gasteiger partial charge < -0.3 is 14.6 Å². The Labute approximate surface area is 164 Å². The first-order valence-electron chi connectivity index (χ1n) is 9.32. The molecule has 1 aliphatic carbocycles. The average molecular weight is 387 g/mol. The summed E-state index contributed by atoms with van der Waals surface area (Å²) in [4.78, 5) is 12.4. The van der Waals surface area contributed by atoms with Gasteiger partial charge in [-0.25, -0.2) is 0 Å². The Morgan fingerprint density at radius 2 is 2.11 bits per heavy atom. The van der Waals surface area contributed by atoms with Gasteiger partial charge in [0.05, 0.1) is 18.6 Å². The van der Waals surface area contributed by atoms with Crippen molar-refractivity contribution in [2.75, 3.05) is 18.2 Å². The number of ether oxygens (including phenoxy) is 1. The van der Waals surface area contributed by atoms with Crippen LogP contribution in [0.2, 0.25) is 0 Å². The molecule has 1 saturated carbocycles. The fraction of sp³-hybridized carbons (Fsp3) is 0.450. The van der Waals surface area contributed by atoms with Crippen molar-refractivity contribution in [3.05, 3.63) is 42.7 Å². The molecule has 27 heavy (non-hydrogen) atoms. The summed E-state index contributed by atoms with van der Waals surface area (Å²) in [5.74, 6) is 2.30. The van der Waals surface area contributed by atoms with Crippen molar-refractivity contribution in [1.29, 1.82) is 0 Å². The first-order chi connectivity index (χ1) is 13.2. The van der Waals surface area contributed by atoms with Gasteiger partial charge in [0.1, 0.15) is 11.6 Å². The van der Waals surface area contributed by atoms with Crippen molar-refractivity contribution in [3.8, 4) is 5.75 Å². The first kappa shape index (κ1) is 19.5. The molecule has 1 fully saturated rings. The number of nitrogens with one attached hydrogen (secondary N) is 1. The van der Waals surface area contributed by atoms with Crippen LogP contribution in [0.25, 0.3) is 0 Å². The maximum atomic E-state index is 12.4. The summed E-state index contributed by atoms with van der Waals surface area (Å²) in [5.41, 5.74) is 0.668. The zero-order valence-electron chi connectivity index (χ0n) is 15.7. The molecule has 1 aromatic heterocycles. The number of allylic oxidation sites excluding steroid dienone is 1. The van der Waals surface area contributed by atoms with Gasteiger partial charge in [-0.05, 0) is 25.0 Å². The van der Waals surface area contributed by atoms with Gasteiger partial charge in [0.25, 0.3) is 0 Å². The molecule has 7 heteroatoms. The van der Waals surface area contributed by atoms with E-state index in [9.17, 15) is 4.79 Å². The summed E-state index contributed by atoms with van der Waals surface area (Å²) in [6.07, 6.45) is 7.97. The molecule has 0 aliphatic heterocycles. The Morgan fingerprint density at radius 1 is 1.33 bits per heavy atom. The Bertz CT molecular complexity index is 784. The normalized spacial score (nSPS) is 14.7. The maximum Gasteiger partial charge on any atom is 0.234 e. The molecule has 0 saturated heterocycles. The van der Waals surface area contributed by atoms with E-state index < -0.39 is 0 Å². The van der Waals surface area contributed by atoms with E-state index in [1.807, 2.05) is 30.3 Å². The topological polar surface area (TPSA) is 69.0 Å². The SMILES string of the molecule is C=CCn1c(SCC(=O)Nc2ccccc2OC)nnc1C1CCCCC1. The fourth-order valence-corrected chi connectivity index (χ4v) is 4.19. The summed E-state index contributed by atoms with van der Waals surface area (Å²) >= 11 is 1.40. The Kier molecular flexibility index (Phi) is 6.92. The third kappa shape index (κ3) is 4.91. The molecule has 6 nitrogen and oxygen atoms in total. The molecule has 1 aromatic carbocycles. The highest BCUT2D eigenvalue weighted by Crippen LogP contribution is 2.33. The van der Waals surface area contributed by atoms with Crippen LogP contribution in [0.1, 0.15) is 43.8 Å². The molecule has 2 aromatic rings. The summed E-state index contributed by atoms with van der Waals surface area (Å²) < 4.78 is 7.37. The van der Waals surface area contributed by atoms with Gasteiger partial charge in [0, 0.05) is 12.5 Å². The Balaban J connectivity index is 1.65. The van der Waals surface area contributed by atoms with Crippen LogP contribution in [0.15, 0.2) is 42.1 Å². The minimum absolute atomic E-state index is 0.100. The molecule has 0 atom stereocenters. The minimum Gasteiger partial charge on any atom is -0.495 e. The largest absolute Gasteiger partial charge is 0.495 e. The summed E-state index contributed by atoms with van der Waals surface area (Å²) in [6.45, 7) is 4.52. The quantitative estimate of drug-likeness (QED) is 0.542. The predicted molar refractivity (Wildman–Crippen MR) is 108 cm³/mol. The van der Waals surface area contributed by atoms with Crippen LogP contribution in [-0.4, -0.2) is 33.5 Å². The monoisotopic (exact) mass is 386 g/mol. The highest BCUT2D eigenvalue weighted by atomic mass is 32.2. The number of carbonyl (C=O) groups is 1. The molecule has 1 aliphatic rings. The number of rotatable bonds is 8. The number of carbonyl (C=O) groups excluding carboxylic acids is 1. The summed E-state index contributed by atoms with van der Waals surface area (Å²) in [7, 11) is 1.59. The molecule has 0 unspecified atom stereocenters. The van der Waals surface area contributed by atoms with Crippen molar-refractivity contribution in [1.82, 2.24) is 14.8 Å².